The molecule has 0 unspecified atom stereocenters. The van der Waals surface area contributed by atoms with Crippen LogP contribution in [-0.4, -0.2) is 20.7 Å². The van der Waals surface area contributed by atoms with Crippen molar-refractivity contribution >= 4 is 16.1 Å². The Balaban J connectivity index is 2.25. The highest BCUT2D eigenvalue weighted by Crippen LogP contribution is 2.01. The summed E-state index contributed by atoms with van der Waals surface area (Å²) in [7, 11) is -3.07. The van der Waals surface area contributed by atoms with Crippen LogP contribution in [0.3, 0.4) is 0 Å². The SMILES string of the molecule is CCCCS(=O)(=O)NCC/C=C/c1ccccc1. The van der Waals surface area contributed by atoms with Gasteiger partial charge in [0.15, 0.2) is 0 Å². The Hall–Kier alpha value is -1.13. The van der Waals surface area contributed by atoms with Gasteiger partial charge in [0.1, 0.15) is 0 Å². The number of nitrogens with one attached hydrogen (secondary N) is 1. The lowest BCUT2D eigenvalue weighted by atomic mass is 10.2. The van der Waals surface area contributed by atoms with Crippen LogP contribution >= 0.6 is 0 Å². The maximum Gasteiger partial charge on any atom is 0.211 e. The van der Waals surface area contributed by atoms with Crippen LogP contribution in [0.5, 0.6) is 0 Å². The molecule has 0 fully saturated rings. The maximum atomic E-state index is 11.5. The summed E-state index contributed by atoms with van der Waals surface area (Å²) in [5, 5.41) is 0. The van der Waals surface area contributed by atoms with Gasteiger partial charge >= 0.3 is 0 Å². The van der Waals surface area contributed by atoms with Crippen molar-refractivity contribution in [2.24, 2.45) is 0 Å². The van der Waals surface area contributed by atoms with E-state index in [0.29, 0.717) is 13.0 Å². The van der Waals surface area contributed by atoms with Crippen LogP contribution in [0.1, 0.15) is 31.7 Å². The molecule has 0 bridgehead atoms. The molecule has 0 aliphatic heterocycles. The summed E-state index contributed by atoms with van der Waals surface area (Å²) >= 11 is 0. The van der Waals surface area contributed by atoms with Gasteiger partial charge in [-0.1, -0.05) is 55.8 Å². The number of sulfonamides is 1. The van der Waals surface area contributed by atoms with Gasteiger partial charge in [0.2, 0.25) is 10.0 Å². The smallest absolute Gasteiger partial charge is 0.211 e. The normalized spacial score (nSPS) is 12.1. The summed E-state index contributed by atoms with van der Waals surface area (Å²) in [6.45, 7) is 2.45. The molecule has 0 aromatic heterocycles. The molecule has 1 aromatic carbocycles. The molecule has 0 atom stereocenters. The molecule has 100 valence electrons. The van der Waals surface area contributed by atoms with E-state index in [-0.39, 0.29) is 5.75 Å². The van der Waals surface area contributed by atoms with E-state index in [1.54, 1.807) is 0 Å². The Kier molecular flexibility index (Phi) is 6.68. The van der Waals surface area contributed by atoms with Gasteiger partial charge < -0.3 is 0 Å². The van der Waals surface area contributed by atoms with Crippen molar-refractivity contribution < 1.29 is 8.42 Å². The summed E-state index contributed by atoms with van der Waals surface area (Å²) in [4.78, 5) is 0. The van der Waals surface area contributed by atoms with Crippen LogP contribution in [0.15, 0.2) is 36.4 Å². The molecule has 0 aliphatic rings. The van der Waals surface area contributed by atoms with E-state index < -0.39 is 10.0 Å². The number of unbranched alkanes of at least 4 members (excludes halogenated alkanes) is 1. The van der Waals surface area contributed by atoms with Crippen LogP contribution in [0.2, 0.25) is 0 Å². The highest BCUT2D eigenvalue weighted by atomic mass is 32.2. The van der Waals surface area contributed by atoms with E-state index in [2.05, 4.69) is 4.72 Å². The first-order valence-electron chi connectivity index (χ1n) is 6.33. The lowest BCUT2D eigenvalue weighted by Gasteiger charge is -2.03. The van der Waals surface area contributed by atoms with E-state index >= 15 is 0 Å². The minimum atomic E-state index is -3.07. The minimum Gasteiger partial charge on any atom is -0.215 e. The van der Waals surface area contributed by atoms with Crippen molar-refractivity contribution in [2.75, 3.05) is 12.3 Å². The molecule has 0 saturated carbocycles. The van der Waals surface area contributed by atoms with Gasteiger partial charge in [-0.2, -0.15) is 0 Å². The first kappa shape index (κ1) is 14.9. The molecule has 1 N–H and O–H groups in total. The third-order valence-corrected chi connectivity index (χ3v) is 3.98. The fourth-order valence-corrected chi connectivity index (χ4v) is 2.73. The number of hydrogen-bond donors (Lipinski definition) is 1. The fourth-order valence-electron chi connectivity index (χ4n) is 1.49. The third-order valence-electron chi connectivity index (χ3n) is 2.51. The fraction of sp³-hybridized carbons (Fsp3) is 0.429. The number of benzene rings is 1. The molecule has 3 nitrogen and oxygen atoms in total. The maximum absolute atomic E-state index is 11.5. The Bertz CT molecular complexity index is 452. The van der Waals surface area contributed by atoms with Gasteiger partial charge in [0, 0.05) is 6.54 Å². The average molecular weight is 267 g/mol. The molecule has 0 radical (unpaired) electrons. The first-order chi connectivity index (χ1) is 8.64. The summed E-state index contributed by atoms with van der Waals surface area (Å²) in [5.74, 6) is 0.228. The largest absolute Gasteiger partial charge is 0.215 e. The van der Waals surface area contributed by atoms with E-state index in [4.69, 9.17) is 0 Å². The Morgan fingerprint density at radius 1 is 1.22 bits per heavy atom. The van der Waals surface area contributed by atoms with E-state index in [0.717, 1.165) is 18.4 Å². The van der Waals surface area contributed by atoms with Gasteiger partial charge in [-0.05, 0) is 18.4 Å². The van der Waals surface area contributed by atoms with Gasteiger partial charge in [-0.25, -0.2) is 13.1 Å². The standard InChI is InChI=1S/C14H21NO2S/c1-2-3-13-18(16,17)15-12-8-7-11-14-9-5-4-6-10-14/h4-7,9-11,15H,2-3,8,12-13H2,1H3/b11-7+. The second kappa shape index (κ2) is 8.06. The summed E-state index contributed by atoms with van der Waals surface area (Å²) < 4.78 is 25.6. The summed E-state index contributed by atoms with van der Waals surface area (Å²) in [6.07, 6.45) is 6.31. The molecular weight excluding hydrogens is 246 g/mol. The minimum absolute atomic E-state index is 0.228. The summed E-state index contributed by atoms with van der Waals surface area (Å²) in [6, 6.07) is 9.96. The summed E-state index contributed by atoms with van der Waals surface area (Å²) in [5.41, 5.74) is 1.13. The van der Waals surface area contributed by atoms with Gasteiger partial charge in [0.05, 0.1) is 5.75 Å². The second-order valence-corrected chi connectivity index (χ2v) is 6.09. The molecule has 0 aliphatic carbocycles. The molecule has 18 heavy (non-hydrogen) atoms. The van der Waals surface area contributed by atoms with Crippen molar-refractivity contribution in [1.82, 2.24) is 4.72 Å². The van der Waals surface area contributed by atoms with Crippen molar-refractivity contribution in [2.45, 2.75) is 26.2 Å². The lowest BCUT2D eigenvalue weighted by Crippen LogP contribution is -2.27. The van der Waals surface area contributed by atoms with Crippen LogP contribution in [0, 0.1) is 0 Å². The van der Waals surface area contributed by atoms with Crippen LogP contribution in [-0.2, 0) is 10.0 Å². The van der Waals surface area contributed by atoms with Crippen molar-refractivity contribution in [3.63, 3.8) is 0 Å². The van der Waals surface area contributed by atoms with Crippen molar-refractivity contribution in [3.8, 4) is 0 Å². The topological polar surface area (TPSA) is 46.2 Å². The molecule has 1 rings (SSSR count). The first-order valence-corrected chi connectivity index (χ1v) is 7.98. The number of hydrogen-bond acceptors (Lipinski definition) is 2. The Morgan fingerprint density at radius 2 is 1.94 bits per heavy atom. The van der Waals surface area contributed by atoms with E-state index in [1.165, 1.54) is 0 Å². The quantitative estimate of drug-likeness (QED) is 0.736. The predicted octanol–water partition coefficient (Wildman–Crippen LogP) is 2.81. The molecule has 4 heteroatoms. The zero-order chi connectivity index (χ0) is 13.3. The second-order valence-electron chi connectivity index (χ2n) is 4.17. The monoisotopic (exact) mass is 267 g/mol. The van der Waals surface area contributed by atoms with Gasteiger partial charge in [0.25, 0.3) is 0 Å². The lowest BCUT2D eigenvalue weighted by molar-refractivity contribution is 0.579. The van der Waals surface area contributed by atoms with Gasteiger partial charge in [-0.15, -0.1) is 0 Å². The third kappa shape index (κ3) is 6.57. The van der Waals surface area contributed by atoms with Crippen molar-refractivity contribution in [1.29, 1.82) is 0 Å². The molecule has 0 heterocycles. The average Bonchev–Trinajstić information content (AvgIpc) is 2.37. The van der Waals surface area contributed by atoms with Crippen LogP contribution in [0.4, 0.5) is 0 Å². The van der Waals surface area contributed by atoms with E-state index in [1.807, 2.05) is 49.4 Å². The molecule has 0 amide bonds. The highest BCUT2D eigenvalue weighted by Gasteiger charge is 2.06. The predicted molar refractivity (Wildman–Crippen MR) is 76.8 cm³/mol. The van der Waals surface area contributed by atoms with Gasteiger partial charge in [-0.3, -0.25) is 0 Å². The zero-order valence-electron chi connectivity index (χ0n) is 10.8. The Labute approximate surface area is 110 Å². The van der Waals surface area contributed by atoms with E-state index in [9.17, 15) is 8.42 Å². The van der Waals surface area contributed by atoms with Crippen LogP contribution < -0.4 is 4.72 Å². The molecule has 0 spiro atoms. The number of rotatable bonds is 8. The zero-order valence-corrected chi connectivity index (χ0v) is 11.6. The molecular formula is C14H21NO2S. The Morgan fingerprint density at radius 3 is 2.61 bits per heavy atom. The molecule has 1 aromatic rings. The van der Waals surface area contributed by atoms with Crippen molar-refractivity contribution in [3.05, 3.63) is 42.0 Å². The van der Waals surface area contributed by atoms with Crippen LogP contribution in [0.25, 0.3) is 6.08 Å². The molecule has 0 saturated heterocycles. The highest BCUT2D eigenvalue weighted by molar-refractivity contribution is 7.89.